The number of benzene rings is 1. The average Bonchev–Trinajstić information content (AvgIpc) is 2.17. The second kappa shape index (κ2) is 6.58. The molecule has 1 atom stereocenters. The Kier molecular flexibility index (Phi) is 6.54. The van der Waals surface area contributed by atoms with Crippen molar-refractivity contribution in [3.63, 3.8) is 0 Å². The van der Waals surface area contributed by atoms with Crippen LogP contribution >= 0.6 is 0 Å². The summed E-state index contributed by atoms with van der Waals surface area (Å²) in [4.78, 5) is 0. The van der Waals surface area contributed by atoms with E-state index in [-0.39, 0.29) is 36.0 Å². The SMILES string of the molecule is COc1ccc(CC(O)S(=O)(=O)[O-])cc1.[Na+]. The summed E-state index contributed by atoms with van der Waals surface area (Å²) in [6.45, 7) is 0. The molecule has 7 heteroatoms. The van der Waals surface area contributed by atoms with Crippen LogP contribution in [0.1, 0.15) is 5.56 Å². The standard InChI is InChI=1S/C9H12O5S.Na/c1-14-8-4-2-7(3-5-8)6-9(10)15(11,12)13;/h2-5,9-10H,6H2,1H3,(H,11,12,13);/q;+1/p-1. The molecule has 1 N–H and O–H groups in total. The topological polar surface area (TPSA) is 86.7 Å². The molecule has 0 saturated heterocycles. The van der Waals surface area contributed by atoms with Gasteiger partial charge in [-0.3, -0.25) is 0 Å². The van der Waals surface area contributed by atoms with Crippen molar-refractivity contribution >= 4 is 10.1 Å². The first-order chi connectivity index (χ1) is 6.93. The Morgan fingerprint density at radius 2 is 1.88 bits per heavy atom. The number of aliphatic hydroxyl groups excluding tert-OH is 1. The van der Waals surface area contributed by atoms with E-state index in [9.17, 15) is 13.0 Å². The van der Waals surface area contributed by atoms with Gasteiger partial charge in [-0.25, -0.2) is 8.42 Å². The molecular weight excluding hydrogens is 243 g/mol. The molecule has 0 aliphatic rings. The molecule has 0 aliphatic carbocycles. The minimum atomic E-state index is -4.64. The summed E-state index contributed by atoms with van der Waals surface area (Å²) in [5.74, 6) is 0.623. The summed E-state index contributed by atoms with van der Waals surface area (Å²) in [6, 6.07) is 6.43. The maximum atomic E-state index is 10.4. The van der Waals surface area contributed by atoms with Crippen molar-refractivity contribution in [3.05, 3.63) is 29.8 Å². The van der Waals surface area contributed by atoms with Crippen LogP contribution in [0.4, 0.5) is 0 Å². The number of aliphatic hydroxyl groups is 1. The molecule has 16 heavy (non-hydrogen) atoms. The van der Waals surface area contributed by atoms with E-state index in [0.717, 1.165) is 0 Å². The number of ether oxygens (including phenoxy) is 1. The predicted molar refractivity (Wildman–Crippen MR) is 52.4 cm³/mol. The molecule has 0 amide bonds. The van der Waals surface area contributed by atoms with Gasteiger partial charge in [-0.05, 0) is 17.7 Å². The Labute approximate surface area is 116 Å². The Morgan fingerprint density at radius 1 is 1.38 bits per heavy atom. The largest absolute Gasteiger partial charge is 1.00 e. The average molecular weight is 254 g/mol. The molecule has 0 bridgehead atoms. The van der Waals surface area contributed by atoms with Gasteiger partial charge in [-0.2, -0.15) is 0 Å². The summed E-state index contributed by atoms with van der Waals surface area (Å²) < 4.78 is 36.2. The van der Waals surface area contributed by atoms with E-state index in [0.29, 0.717) is 11.3 Å². The van der Waals surface area contributed by atoms with E-state index >= 15 is 0 Å². The van der Waals surface area contributed by atoms with Gasteiger partial charge in [-0.15, -0.1) is 0 Å². The Morgan fingerprint density at radius 3 is 2.25 bits per heavy atom. The molecular formula is C9H11NaO5S. The van der Waals surface area contributed by atoms with Crippen LogP contribution < -0.4 is 34.3 Å². The molecule has 0 fully saturated rings. The Hall–Kier alpha value is -0.110. The molecule has 0 aliphatic heterocycles. The van der Waals surface area contributed by atoms with Crippen molar-refractivity contribution in [2.75, 3.05) is 7.11 Å². The summed E-state index contributed by atoms with van der Waals surface area (Å²) in [5.41, 5.74) is -1.34. The molecule has 1 unspecified atom stereocenters. The van der Waals surface area contributed by atoms with Crippen molar-refractivity contribution in [1.82, 2.24) is 0 Å². The fourth-order valence-electron chi connectivity index (χ4n) is 1.07. The first-order valence-corrected chi connectivity index (χ1v) is 5.66. The van der Waals surface area contributed by atoms with Gasteiger partial charge < -0.3 is 14.4 Å². The van der Waals surface area contributed by atoms with E-state index in [1.807, 2.05) is 0 Å². The van der Waals surface area contributed by atoms with Gasteiger partial charge in [0, 0.05) is 6.42 Å². The molecule has 0 aromatic heterocycles. The summed E-state index contributed by atoms with van der Waals surface area (Å²) in [6.07, 6.45) is -0.212. The van der Waals surface area contributed by atoms with Crippen molar-refractivity contribution in [1.29, 1.82) is 0 Å². The van der Waals surface area contributed by atoms with Crippen LogP contribution in [0.15, 0.2) is 24.3 Å². The normalized spacial score (nSPS) is 12.7. The summed E-state index contributed by atoms with van der Waals surface area (Å²) >= 11 is 0. The third-order valence-corrected chi connectivity index (χ3v) is 2.74. The van der Waals surface area contributed by atoms with Crippen molar-refractivity contribution < 1.29 is 52.4 Å². The molecule has 5 nitrogen and oxygen atoms in total. The summed E-state index contributed by atoms with van der Waals surface area (Å²) in [5, 5.41) is 9.03. The van der Waals surface area contributed by atoms with E-state index < -0.39 is 15.6 Å². The molecule has 1 aromatic rings. The van der Waals surface area contributed by atoms with Gasteiger partial charge in [0.2, 0.25) is 0 Å². The van der Waals surface area contributed by atoms with Gasteiger partial charge in [-0.1, -0.05) is 12.1 Å². The molecule has 0 heterocycles. The van der Waals surface area contributed by atoms with Crippen LogP contribution in [0, 0.1) is 0 Å². The van der Waals surface area contributed by atoms with E-state index in [1.54, 1.807) is 24.3 Å². The minimum Gasteiger partial charge on any atom is -0.746 e. The van der Waals surface area contributed by atoms with Crippen LogP contribution in [0.2, 0.25) is 0 Å². The quantitative estimate of drug-likeness (QED) is 0.460. The molecule has 0 saturated carbocycles. The second-order valence-electron chi connectivity index (χ2n) is 3.00. The third kappa shape index (κ3) is 4.82. The third-order valence-electron chi connectivity index (χ3n) is 1.90. The molecule has 0 radical (unpaired) electrons. The Bertz CT molecular complexity index is 414. The van der Waals surface area contributed by atoms with Gasteiger partial charge >= 0.3 is 29.6 Å². The molecule has 0 spiro atoms. The first-order valence-electron chi connectivity index (χ1n) is 4.19. The van der Waals surface area contributed by atoms with Crippen molar-refractivity contribution in [3.8, 4) is 5.75 Å². The van der Waals surface area contributed by atoms with Crippen LogP contribution in [-0.4, -0.2) is 30.6 Å². The van der Waals surface area contributed by atoms with E-state index in [4.69, 9.17) is 9.84 Å². The van der Waals surface area contributed by atoms with E-state index in [1.165, 1.54) is 7.11 Å². The van der Waals surface area contributed by atoms with E-state index in [2.05, 4.69) is 0 Å². The van der Waals surface area contributed by atoms with Gasteiger partial charge in [0.1, 0.15) is 21.3 Å². The number of rotatable bonds is 4. The van der Waals surface area contributed by atoms with Gasteiger partial charge in [0.15, 0.2) is 0 Å². The maximum absolute atomic E-state index is 10.4. The Balaban J connectivity index is 0.00000225. The number of methoxy groups -OCH3 is 1. The fraction of sp³-hybridized carbons (Fsp3) is 0.333. The van der Waals surface area contributed by atoms with Crippen molar-refractivity contribution in [2.24, 2.45) is 0 Å². The molecule has 1 aromatic carbocycles. The van der Waals surface area contributed by atoms with Crippen molar-refractivity contribution in [2.45, 2.75) is 11.9 Å². The molecule has 84 valence electrons. The molecule has 1 rings (SSSR count). The predicted octanol–water partition coefficient (Wildman–Crippen LogP) is -2.89. The zero-order chi connectivity index (χ0) is 11.5. The van der Waals surface area contributed by atoms with Crippen LogP contribution in [0.3, 0.4) is 0 Å². The van der Waals surface area contributed by atoms with Crippen LogP contribution in [0.25, 0.3) is 0 Å². The number of hydrogen-bond acceptors (Lipinski definition) is 5. The first kappa shape index (κ1) is 15.9. The summed E-state index contributed by atoms with van der Waals surface area (Å²) in [7, 11) is -3.14. The maximum Gasteiger partial charge on any atom is 1.00 e. The van der Waals surface area contributed by atoms with Crippen LogP contribution in [0.5, 0.6) is 5.75 Å². The zero-order valence-electron chi connectivity index (χ0n) is 9.08. The fourth-order valence-corrected chi connectivity index (χ4v) is 1.46. The second-order valence-corrected chi connectivity index (χ2v) is 4.53. The number of hydrogen-bond donors (Lipinski definition) is 1. The van der Waals surface area contributed by atoms with Gasteiger partial charge in [0.25, 0.3) is 0 Å². The smallest absolute Gasteiger partial charge is 0.746 e. The van der Waals surface area contributed by atoms with Crippen LogP contribution in [-0.2, 0) is 16.5 Å². The minimum absolute atomic E-state index is 0. The zero-order valence-corrected chi connectivity index (χ0v) is 11.9. The van der Waals surface area contributed by atoms with Gasteiger partial charge in [0.05, 0.1) is 7.11 Å². The monoisotopic (exact) mass is 254 g/mol.